The highest BCUT2D eigenvalue weighted by molar-refractivity contribution is 6.08. The Bertz CT molecular complexity index is 1880. The van der Waals surface area contributed by atoms with Crippen molar-refractivity contribution in [3.8, 4) is 23.4 Å². The van der Waals surface area contributed by atoms with E-state index in [-0.39, 0.29) is 36.8 Å². The van der Waals surface area contributed by atoms with Gasteiger partial charge in [0.2, 0.25) is 11.6 Å². The van der Waals surface area contributed by atoms with Gasteiger partial charge in [0.1, 0.15) is 24.6 Å². The number of amides is 2. The number of carbonyl (C=O) groups excluding carboxylic acids is 4. The molecule has 2 aromatic rings. The number of fused-ring (bicyclic) bond motifs is 1. The monoisotopic (exact) mass is 802 g/mol. The lowest BCUT2D eigenvalue weighted by Crippen LogP contribution is -2.63. The van der Waals surface area contributed by atoms with Crippen LogP contribution in [-0.2, 0) is 40.4 Å². The molecule has 0 unspecified atom stereocenters. The fraction of sp³-hybridized carbons (Fsp3) is 0.737. The number of halogens is 1. The third kappa shape index (κ3) is 8.89. The van der Waals surface area contributed by atoms with Crippen molar-refractivity contribution >= 4 is 23.6 Å². The molecule has 18 nitrogen and oxygen atoms in total. The van der Waals surface area contributed by atoms with Gasteiger partial charge in [-0.3, -0.25) is 9.59 Å². The van der Waals surface area contributed by atoms with Crippen molar-refractivity contribution in [2.45, 2.75) is 134 Å². The number of aryl methyl sites for hydroxylation is 1. The van der Waals surface area contributed by atoms with E-state index in [4.69, 9.17) is 23.5 Å². The maximum Gasteiger partial charge on any atom is 0.351 e. The van der Waals surface area contributed by atoms with E-state index in [1.54, 1.807) is 55.8 Å². The maximum absolute atomic E-state index is 16.9. The second kappa shape index (κ2) is 16.9. The summed E-state index contributed by atoms with van der Waals surface area (Å²) in [5.41, 5.74) is -5.89. The first kappa shape index (κ1) is 43.8. The first-order chi connectivity index (χ1) is 26.6. The Labute approximate surface area is 331 Å². The van der Waals surface area contributed by atoms with Crippen molar-refractivity contribution in [1.29, 1.82) is 0 Å². The van der Waals surface area contributed by atoms with E-state index in [0.29, 0.717) is 12.1 Å². The molecule has 3 N–H and O–H groups in total. The van der Waals surface area contributed by atoms with Gasteiger partial charge < -0.3 is 44.1 Å². The number of ether oxygens (including phenoxy) is 4. The number of aliphatic hydroxyl groups is 1. The zero-order valence-electron chi connectivity index (χ0n) is 34.4. The molecule has 3 saturated heterocycles. The number of alkyl halides is 1. The van der Waals surface area contributed by atoms with Crippen molar-refractivity contribution in [3.63, 3.8) is 0 Å². The summed E-state index contributed by atoms with van der Waals surface area (Å²) in [6.07, 6.45) is -5.00. The Morgan fingerprint density at radius 2 is 1.82 bits per heavy atom. The second-order valence-corrected chi connectivity index (χ2v) is 16.3. The number of aliphatic hydroxyl groups excluding tert-OH is 1. The normalized spacial score (nSPS) is 38.1. The molecule has 0 saturated carbocycles. The number of esters is 1. The van der Waals surface area contributed by atoms with Crippen LogP contribution in [0.15, 0.2) is 10.6 Å². The van der Waals surface area contributed by atoms with Crippen LogP contribution in [0.2, 0.25) is 0 Å². The van der Waals surface area contributed by atoms with Gasteiger partial charge in [0.25, 0.3) is 5.67 Å². The van der Waals surface area contributed by atoms with E-state index < -0.39 is 95.1 Å². The number of rotatable bonds is 7. The number of urea groups is 1. The fourth-order valence-corrected chi connectivity index (χ4v) is 8.43. The lowest BCUT2D eigenvalue weighted by Gasteiger charge is -2.47. The molecule has 0 bridgehead atoms. The number of Topliss-reactive ketones (excluding diaryl/α,β-unsaturated/α-hetero) is 2. The first-order valence-corrected chi connectivity index (χ1v) is 19.2. The summed E-state index contributed by atoms with van der Waals surface area (Å²) < 4.78 is 47.1. The Morgan fingerprint density at radius 1 is 1.12 bits per heavy atom. The van der Waals surface area contributed by atoms with Crippen LogP contribution in [0, 0.1) is 29.6 Å². The summed E-state index contributed by atoms with van der Waals surface area (Å²) in [6.45, 7) is 12.0. The number of ketones is 2. The summed E-state index contributed by atoms with van der Waals surface area (Å²) in [5.74, 6) is 0.0248. The van der Waals surface area contributed by atoms with Crippen LogP contribution in [0.3, 0.4) is 0 Å². The minimum Gasteiger partial charge on any atom is -0.457 e. The quantitative estimate of drug-likeness (QED) is 0.206. The molecule has 3 aliphatic heterocycles. The van der Waals surface area contributed by atoms with Crippen LogP contribution in [-0.4, -0.2) is 139 Å². The third-order valence-electron chi connectivity index (χ3n) is 11.6. The fourth-order valence-electron chi connectivity index (χ4n) is 8.43. The van der Waals surface area contributed by atoms with Gasteiger partial charge in [-0.15, -0.1) is 10.2 Å². The van der Waals surface area contributed by atoms with Gasteiger partial charge in [-0.25, -0.2) is 14.0 Å². The minimum atomic E-state index is -3.21. The van der Waals surface area contributed by atoms with E-state index in [0.717, 1.165) is 6.92 Å². The van der Waals surface area contributed by atoms with E-state index in [2.05, 4.69) is 43.0 Å². The van der Waals surface area contributed by atoms with Gasteiger partial charge in [-0.2, -0.15) is 4.80 Å². The van der Waals surface area contributed by atoms with Gasteiger partial charge in [-0.05, 0) is 72.2 Å². The summed E-state index contributed by atoms with van der Waals surface area (Å²) in [6, 6.07) is -0.376. The SMILES string of the molecule is CC[C@H]1OC(=O)[C@](C)(F)C(=O)[C@H](C)[C@@H](O[C@@H]2O[C@H](C)C[C@H](N(C)C)[C@H]2O)[C@](C)(OCC#Cc2cc(-c3nnn(C)n3)no2)C[C@@H](C)C(=O)[C@H](C)[C@H]2NC(=O)N[C@@]21C. The molecule has 0 aliphatic carbocycles. The van der Waals surface area contributed by atoms with Gasteiger partial charge in [0.15, 0.2) is 17.8 Å². The smallest absolute Gasteiger partial charge is 0.351 e. The first-order valence-electron chi connectivity index (χ1n) is 19.2. The average Bonchev–Trinajstić information content (AvgIpc) is 3.88. The van der Waals surface area contributed by atoms with Crippen LogP contribution >= 0.6 is 0 Å². The van der Waals surface area contributed by atoms with Crippen LogP contribution in [0.4, 0.5) is 9.18 Å². The van der Waals surface area contributed by atoms with E-state index in [9.17, 15) is 24.3 Å². The van der Waals surface area contributed by atoms with E-state index in [1.807, 2.05) is 11.8 Å². The number of likely N-dealkylation sites (N-methyl/N-ethyl adjacent to an activating group) is 1. The zero-order chi connectivity index (χ0) is 42.2. The highest BCUT2D eigenvalue weighted by Crippen LogP contribution is 2.40. The number of tetrazole rings is 1. The van der Waals surface area contributed by atoms with Gasteiger partial charge >= 0.3 is 12.0 Å². The standard InChI is InChI=1S/C38H55FN8O10/c1-12-26-38(8)29(40-35(52)41-38)21(4)27(48)19(2)18-36(6,53-15-13-14-23-17-24(44-57-23)32-42-45-47(11)43-32)31(22(5)30(50)37(7,39)34(51)55-26)56-33-28(49)25(46(9)10)16-20(3)54-33/h17,19-22,25-26,28-29,31,33,49H,12,15-16,18H2,1-11H3,(H2,40,41,52)/t19-,20-,21+,22+,25+,26-,28-,29-,31-,33+,36-,37-,38-/m1/s1. The number of cyclic esters (lactones) is 1. The molecule has 13 atom stereocenters. The molecular weight excluding hydrogens is 747 g/mol. The van der Waals surface area contributed by atoms with Crippen LogP contribution in [0.5, 0.6) is 0 Å². The van der Waals surface area contributed by atoms with Crippen molar-refractivity contribution in [2.24, 2.45) is 24.8 Å². The minimum absolute atomic E-state index is 0.101. The molecule has 3 fully saturated rings. The number of hydrogen-bond donors (Lipinski definition) is 3. The second-order valence-electron chi connectivity index (χ2n) is 16.3. The predicted molar refractivity (Wildman–Crippen MR) is 199 cm³/mol. The number of aromatic nitrogens is 5. The van der Waals surface area contributed by atoms with Crippen molar-refractivity contribution in [3.05, 3.63) is 11.8 Å². The molecule has 2 aromatic heterocycles. The Balaban J connectivity index is 1.57. The summed E-state index contributed by atoms with van der Waals surface area (Å²) >= 11 is 0. The van der Waals surface area contributed by atoms with Crippen LogP contribution in [0.25, 0.3) is 11.5 Å². The van der Waals surface area contributed by atoms with Crippen molar-refractivity contribution in [2.75, 3.05) is 20.7 Å². The summed E-state index contributed by atoms with van der Waals surface area (Å²) in [5, 5.41) is 32.8. The molecule has 5 rings (SSSR count). The van der Waals surface area contributed by atoms with Crippen molar-refractivity contribution < 1.29 is 52.1 Å². The third-order valence-corrected chi connectivity index (χ3v) is 11.6. The molecule has 0 aromatic carbocycles. The summed E-state index contributed by atoms with van der Waals surface area (Å²) in [4.78, 5) is 58.4. The number of hydrogen-bond acceptors (Lipinski definition) is 15. The number of nitrogens with zero attached hydrogens (tertiary/aromatic N) is 6. The highest BCUT2D eigenvalue weighted by atomic mass is 19.1. The number of nitrogens with one attached hydrogen (secondary N) is 2. The molecule has 0 spiro atoms. The Hall–Kier alpha value is -4.35. The predicted octanol–water partition coefficient (Wildman–Crippen LogP) is 1.74. The largest absolute Gasteiger partial charge is 0.457 e. The van der Waals surface area contributed by atoms with E-state index in [1.165, 1.54) is 17.8 Å². The topological polar surface area (TPSA) is 222 Å². The molecule has 0 radical (unpaired) electrons. The molecule has 19 heteroatoms. The zero-order valence-corrected chi connectivity index (χ0v) is 34.4. The van der Waals surface area contributed by atoms with Gasteiger partial charge in [-0.1, -0.05) is 38.8 Å². The molecule has 314 valence electrons. The molecule has 3 aliphatic rings. The van der Waals surface area contributed by atoms with E-state index >= 15 is 4.39 Å². The van der Waals surface area contributed by atoms with Gasteiger partial charge in [0.05, 0.1) is 36.4 Å². The lowest BCUT2D eigenvalue weighted by molar-refractivity contribution is -0.296. The molecule has 5 heterocycles. The van der Waals surface area contributed by atoms with Gasteiger partial charge in [0, 0.05) is 29.9 Å². The maximum atomic E-state index is 16.9. The molecule has 2 amide bonds. The molecular formula is C38H55FN8O10. The average molecular weight is 803 g/mol. The Morgan fingerprint density at radius 3 is 2.46 bits per heavy atom. The lowest BCUT2D eigenvalue weighted by atomic mass is 9.72. The summed E-state index contributed by atoms with van der Waals surface area (Å²) in [7, 11) is 5.20. The number of carbonyl (C=O) groups is 4. The van der Waals surface area contributed by atoms with Crippen LogP contribution < -0.4 is 10.6 Å². The van der Waals surface area contributed by atoms with Crippen LogP contribution in [0.1, 0.15) is 80.4 Å². The highest BCUT2D eigenvalue weighted by Gasteiger charge is 2.58. The molecule has 57 heavy (non-hydrogen) atoms. The Kier molecular flexibility index (Phi) is 12.9. The van der Waals surface area contributed by atoms with Crippen molar-refractivity contribution in [1.82, 2.24) is 40.9 Å².